The second-order valence-corrected chi connectivity index (χ2v) is 17.2. The third-order valence-corrected chi connectivity index (χ3v) is 11.5. The molecule has 8 atom stereocenters. The fourth-order valence-electron chi connectivity index (χ4n) is 7.41. The molecule has 1 saturated heterocycles. The summed E-state index contributed by atoms with van der Waals surface area (Å²) in [5, 5.41) is 55.1. The minimum absolute atomic E-state index is 0.263. The van der Waals surface area contributed by atoms with E-state index in [0.717, 1.165) is 38.5 Å². The summed E-state index contributed by atoms with van der Waals surface area (Å²) in [6.07, 6.45) is 21.7. The molecule has 0 aromatic carbocycles. The molecule has 56 heavy (non-hydrogen) atoms. The lowest BCUT2D eigenvalue weighted by Gasteiger charge is -2.41. The predicted molar refractivity (Wildman–Crippen MR) is 219 cm³/mol. The van der Waals surface area contributed by atoms with E-state index in [9.17, 15) is 38.7 Å². The highest BCUT2D eigenvalue weighted by Gasteiger charge is 2.48. The number of nitrogens with one attached hydrogen (secondary N) is 1. The Morgan fingerprint density at radius 2 is 1.04 bits per heavy atom. The van der Waals surface area contributed by atoms with Crippen LogP contribution in [-0.4, -0.2) is 107 Å². The Morgan fingerprint density at radius 1 is 0.643 bits per heavy atom. The van der Waals surface area contributed by atoms with Gasteiger partial charge in [-0.05, 0) is 12.8 Å². The second kappa shape index (κ2) is 33.8. The third-order valence-electron chi connectivity index (χ3n) is 11.0. The standard InChI is InChI=1S/C42H83NO12S/c1-3-5-7-9-11-13-14-15-16-17-18-19-20-21-22-23-25-26-28-30-35(45)34(43-41(49)36(46)31-29-27-24-12-10-8-6-4-2)33-53-42-39(48)40(55-56(50,51)52)38(47)37(32-44)54-42/h34-40,42,44-48H,3-33H2,1-2H3,(H,43,49)(H,50,51,52). The van der Waals surface area contributed by atoms with E-state index < -0.39 is 78.5 Å². The van der Waals surface area contributed by atoms with E-state index in [0.29, 0.717) is 19.3 Å². The highest BCUT2D eigenvalue weighted by atomic mass is 32.3. The van der Waals surface area contributed by atoms with Gasteiger partial charge in [0.05, 0.1) is 25.4 Å². The van der Waals surface area contributed by atoms with Crippen LogP contribution in [0.1, 0.15) is 200 Å². The van der Waals surface area contributed by atoms with E-state index >= 15 is 0 Å². The normalized spacial score (nSPS) is 21.9. The van der Waals surface area contributed by atoms with E-state index in [2.05, 4.69) is 23.3 Å². The summed E-state index contributed by atoms with van der Waals surface area (Å²) in [6, 6.07) is -1.03. The summed E-state index contributed by atoms with van der Waals surface area (Å²) in [6.45, 7) is 3.24. The number of carbonyl (C=O) groups excluding carboxylic acids is 1. The van der Waals surface area contributed by atoms with Gasteiger partial charge < -0.3 is 40.3 Å². The first-order chi connectivity index (χ1) is 26.9. The molecule has 8 unspecified atom stereocenters. The van der Waals surface area contributed by atoms with E-state index in [1.165, 1.54) is 122 Å². The molecule has 0 saturated carbocycles. The first-order valence-corrected chi connectivity index (χ1v) is 23.9. The van der Waals surface area contributed by atoms with Crippen LogP contribution in [0, 0.1) is 0 Å². The summed E-state index contributed by atoms with van der Waals surface area (Å²) in [5.41, 5.74) is 0. The lowest BCUT2D eigenvalue weighted by molar-refractivity contribution is -0.298. The van der Waals surface area contributed by atoms with E-state index in [1.807, 2.05) is 0 Å². The van der Waals surface area contributed by atoms with Gasteiger partial charge >= 0.3 is 10.4 Å². The Balaban J connectivity index is 2.51. The van der Waals surface area contributed by atoms with Crippen molar-refractivity contribution in [3.8, 4) is 0 Å². The van der Waals surface area contributed by atoms with Gasteiger partial charge in [-0.25, -0.2) is 4.18 Å². The molecule has 1 fully saturated rings. The molecule has 334 valence electrons. The summed E-state index contributed by atoms with van der Waals surface area (Å²) in [5.74, 6) is -0.671. The second-order valence-electron chi connectivity index (χ2n) is 16.1. The van der Waals surface area contributed by atoms with Gasteiger partial charge in [0.1, 0.15) is 30.5 Å². The van der Waals surface area contributed by atoms with Crippen molar-refractivity contribution in [2.75, 3.05) is 13.2 Å². The SMILES string of the molecule is CCCCCCCCCCCCCCCCCCCCCC(O)C(COC1OC(CO)C(O)C(OS(=O)(=O)O)C1O)NC(=O)C(O)CCCCCCCCCC. The smallest absolute Gasteiger partial charge is 0.394 e. The summed E-state index contributed by atoms with van der Waals surface area (Å²) >= 11 is 0. The van der Waals surface area contributed by atoms with Gasteiger partial charge in [0.15, 0.2) is 6.29 Å². The first-order valence-electron chi connectivity index (χ1n) is 22.5. The molecule has 1 aliphatic heterocycles. The fourth-order valence-corrected chi connectivity index (χ4v) is 7.92. The number of hydrogen-bond acceptors (Lipinski definition) is 11. The van der Waals surface area contributed by atoms with Gasteiger partial charge in [-0.2, -0.15) is 8.42 Å². The molecule has 13 nitrogen and oxygen atoms in total. The van der Waals surface area contributed by atoms with Crippen LogP contribution in [0.5, 0.6) is 0 Å². The largest absolute Gasteiger partial charge is 0.397 e. The molecule has 0 radical (unpaired) electrons. The zero-order valence-electron chi connectivity index (χ0n) is 35.1. The van der Waals surface area contributed by atoms with Crippen molar-refractivity contribution in [1.82, 2.24) is 5.32 Å². The highest BCUT2D eigenvalue weighted by Crippen LogP contribution is 2.26. The van der Waals surface area contributed by atoms with Crippen LogP contribution in [0.15, 0.2) is 0 Å². The number of unbranched alkanes of at least 4 members (excludes halogenated alkanes) is 25. The predicted octanol–water partition coefficient (Wildman–Crippen LogP) is 7.19. The minimum atomic E-state index is -5.10. The molecule has 0 aromatic heterocycles. The molecular weight excluding hydrogens is 743 g/mol. The van der Waals surface area contributed by atoms with Crippen molar-refractivity contribution in [2.24, 2.45) is 0 Å². The fraction of sp³-hybridized carbons (Fsp3) is 0.976. The van der Waals surface area contributed by atoms with Crippen molar-refractivity contribution < 1.29 is 57.0 Å². The Bertz CT molecular complexity index is 1040. The minimum Gasteiger partial charge on any atom is -0.394 e. The third kappa shape index (κ3) is 26.2. The van der Waals surface area contributed by atoms with Gasteiger partial charge in [0.2, 0.25) is 5.91 Å². The van der Waals surface area contributed by atoms with Gasteiger partial charge in [0.25, 0.3) is 0 Å². The van der Waals surface area contributed by atoms with Crippen LogP contribution in [-0.2, 0) is 28.9 Å². The number of rotatable bonds is 38. The number of carbonyl (C=O) groups is 1. The molecule has 0 aromatic rings. The van der Waals surface area contributed by atoms with Gasteiger partial charge in [-0.1, -0.05) is 187 Å². The molecule has 1 amide bonds. The lowest BCUT2D eigenvalue weighted by Crippen LogP contribution is -2.61. The Hall–Kier alpha value is -0.940. The first kappa shape index (κ1) is 53.1. The molecule has 14 heteroatoms. The van der Waals surface area contributed by atoms with Crippen LogP contribution >= 0.6 is 0 Å². The average molecular weight is 826 g/mol. The zero-order chi connectivity index (χ0) is 41.4. The van der Waals surface area contributed by atoms with Crippen LogP contribution in [0.25, 0.3) is 0 Å². The van der Waals surface area contributed by atoms with Crippen LogP contribution < -0.4 is 5.32 Å². The van der Waals surface area contributed by atoms with Gasteiger partial charge in [-0.3, -0.25) is 9.35 Å². The summed E-state index contributed by atoms with van der Waals surface area (Å²) in [4.78, 5) is 13.0. The monoisotopic (exact) mass is 826 g/mol. The van der Waals surface area contributed by atoms with E-state index in [-0.39, 0.29) is 6.42 Å². The maximum Gasteiger partial charge on any atom is 0.397 e. The molecule has 7 N–H and O–H groups in total. The summed E-state index contributed by atoms with van der Waals surface area (Å²) in [7, 11) is -5.10. The van der Waals surface area contributed by atoms with Gasteiger partial charge in [-0.15, -0.1) is 0 Å². The number of aliphatic hydroxyl groups is 5. The Morgan fingerprint density at radius 3 is 1.43 bits per heavy atom. The maximum atomic E-state index is 13.0. The Kier molecular flexibility index (Phi) is 32.1. The maximum absolute atomic E-state index is 13.0. The molecular formula is C42H83NO12S. The van der Waals surface area contributed by atoms with Crippen molar-refractivity contribution in [3.63, 3.8) is 0 Å². The highest BCUT2D eigenvalue weighted by molar-refractivity contribution is 7.80. The quantitative estimate of drug-likeness (QED) is 0.0244. The molecule has 1 aliphatic rings. The Labute approximate surface area is 340 Å². The van der Waals surface area contributed by atoms with Gasteiger partial charge in [0, 0.05) is 0 Å². The zero-order valence-corrected chi connectivity index (χ0v) is 35.9. The lowest BCUT2D eigenvalue weighted by atomic mass is 9.99. The summed E-state index contributed by atoms with van der Waals surface area (Å²) < 4.78 is 47.4. The molecule has 0 aliphatic carbocycles. The molecule has 0 spiro atoms. The van der Waals surface area contributed by atoms with Crippen LogP contribution in [0.2, 0.25) is 0 Å². The molecule has 1 heterocycles. The van der Waals surface area contributed by atoms with Crippen LogP contribution in [0.4, 0.5) is 0 Å². The molecule has 1 rings (SSSR count). The average Bonchev–Trinajstić information content (AvgIpc) is 3.16. The van der Waals surface area contributed by atoms with Crippen molar-refractivity contribution in [1.29, 1.82) is 0 Å². The molecule has 0 bridgehead atoms. The van der Waals surface area contributed by atoms with Crippen molar-refractivity contribution in [3.05, 3.63) is 0 Å². The van der Waals surface area contributed by atoms with E-state index in [4.69, 9.17) is 14.0 Å². The van der Waals surface area contributed by atoms with Crippen LogP contribution in [0.3, 0.4) is 0 Å². The number of aliphatic hydroxyl groups excluding tert-OH is 5. The van der Waals surface area contributed by atoms with Crippen molar-refractivity contribution >= 4 is 16.3 Å². The topological polar surface area (TPSA) is 212 Å². The van der Waals surface area contributed by atoms with Crippen molar-refractivity contribution in [2.45, 2.75) is 249 Å². The number of hydrogen-bond donors (Lipinski definition) is 7. The number of ether oxygens (including phenoxy) is 2. The number of amides is 1. The van der Waals surface area contributed by atoms with E-state index in [1.54, 1.807) is 0 Å².